The van der Waals surface area contributed by atoms with Gasteiger partial charge in [-0.2, -0.15) is 0 Å². The van der Waals surface area contributed by atoms with Gasteiger partial charge in [0.15, 0.2) is 11.5 Å². The van der Waals surface area contributed by atoms with E-state index in [4.69, 9.17) is 4.74 Å². The number of rotatable bonds is 4. The molecule has 96 valence electrons. The van der Waals surface area contributed by atoms with Crippen LogP contribution in [0.4, 0.5) is 4.39 Å². The molecule has 0 aromatic rings. The molecule has 0 aliphatic heterocycles. The number of carbonyl (C=O) groups is 1. The summed E-state index contributed by atoms with van der Waals surface area (Å²) in [5.74, 6) is 5.55. The minimum atomic E-state index is -1.41. The van der Waals surface area contributed by atoms with Crippen molar-refractivity contribution in [1.29, 1.82) is 0 Å². The molecule has 2 unspecified atom stereocenters. The molecule has 0 amide bonds. The van der Waals surface area contributed by atoms with Gasteiger partial charge in [-0.3, -0.25) is 4.79 Å². The predicted octanol–water partition coefficient (Wildman–Crippen LogP) is 2.90. The number of hydrogen-bond acceptors (Lipinski definition) is 2. The van der Waals surface area contributed by atoms with Crippen LogP contribution >= 0.6 is 0 Å². The van der Waals surface area contributed by atoms with Crippen LogP contribution in [0, 0.1) is 17.8 Å². The zero-order valence-corrected chi connectivity index (χ0v) is 10.9. The minimum Gasteiger partial charge on any atom is -0.370 e. The van der Waals surface area contributed by atoms with Crippen LogP contribution in [0.3, 0.4) is 0 Å². The summed E-state index contributed by atoms with van der Waals surface area (Å²) in [5.41, 5.74) is -1.41. The van der Waals surface area contributed by atoms with Crippen LogP contribution in [0.1, 0.15) is 46.5 Å². The number of ether oxygens (including phenoxy) is 1. The van der Waals surface area contributed by atoms with E-state index in [-0.39, 0.29) is 24.4 Å². The van der Waals surface area contributed by atoms with E-state index in [9.17, 15) is 9.18 Å². The van der Waals surface area contributed by atoms with E-state index in [0.717, 1.165) is 6.42 Å². The van der Waals surface area contributed by atoms with Gasteiger partial charge in [-0.15, -0.1) is 0 Å². The number of alkyl halides is 1. The van der Waals surface area contributed by atoms with Gasteiger partial charge in [-0.05, 0) is 26.2 Å². The molecule has 0 fully saturated rings. The average molecular weight is 240 g/mol. The normalized spacial score (nSPS) is 29.1. The van der Waals surface area contributed by atoms with E-state index < -0.39 is 5.67 Å². The third kappa shape index (κ3) is 5.32. The van der Waals surface area contributed by atoms with Gasteiger partial charge in [0.1, 0.15) is 6.61 Å². The van der Waals surface area contributed by atoms with Crippen molar-refractivity contribution in [3.8, 4) is 11.8 Å². The Morgan fingerprint density at radius 3 is 2.88 bits per heavy atom. The summed E-state index contributed by atoms with van der Waals surface area (Å²) in [7, 11) is 0. The standard InChI is InChI=1S/C14H21FO2/c1-11(2)13(16)10-17-12-6-4-5-8-14(3,15)9-7-12/h11-12H,4,6-7,9-10H2,1-3H3. The summed E-state index contributed by atoms with van der Waals surface area (Å²) in [6, 6.07) is 0. The zero-order valence-electron chi connectivity index (χ0n) is 10.9. The number of hydrogen-bond donors (Lipinski definition) is 0. The van der Waals surface area contributed by atoms with Crippen LogP contribution in [-0.4, -0.2) is 24.2 Å². The third-order valence-corrected chi connectivity index (χ3v) is 2.98. The molecule has 1 aliphatic rings. The molecule has 17 heavy (non-hydrogen) atoms. The quantitative estimate of drug-likeness (QED) is 0.706. The Bertz CT molecular complexity index is 323. The van der Waals surface area contributed by atoms with Gasteiger partial charge in [0.25, 0.3) is 0 Å². The van der Waals surface area contributed by atoms with Gasteiger partial charge in [0, 0.05) is 12.3 Å². The fourth-order valence-electron chi connectivity index (χ4n) is 1.65. The summed E-state index contributed by atoms with van der Waals surface area (Å²) in [5, 5.41) is 0. The summed E-state index contributed by atoms with van der Waals surface area (Å²) in [6.07, 6.45) is 2.39. The molecule has 0 bridgehead atoms. The fraction of sp³-hybridized carbons (Fsp3) is 0.786. The minimum absolute atomic E-state index is 0.00483. The van der Waals surface area contributed by atoms with E-state index in [1.54, 1.807) is 0 Å². The van der Waals surface area contributed by atoms with Crippen molar-refractivity contribution in [3.05, 3.63) is 0 Å². The molecule has 0 aromatic carbocycles. The second-order valence-corrected chi connectivity index (χ2v) is 5.13. The molecule has 2 nitrogen and oxygen atoms in total. The fourth-order valence-corrected chi connectivity index (χ4v) is 1.65. The van der Waals surface area contributed by atoms with Gasteiger partial charge < -0.3 is 4.74 Å². The zero-order chi connectivity index (χ0) is 12.9. The smallest absolute Gasteiger partial charge is 0.168 e. The Kier molecular flexibility index (Phi) is 5.14. The Balaban J connectivity index is 2.41. The van der Waals surface area contributed by atoms with Crippen LogP contribution < -0.4 is 0 Å². The van der Waals surface area contributed by atoms with Gasteiger partial charge in [0.2, 0.25) is 0 Å². The lowest BCUT2D eigenvalue weighted by atomic mass is 9.95. The molecule has 1 rings (SSSR count). The molecular weight excluding hydrogens is 219 g/mol. The van der Waals surface area contributed by atoms with Crippen molar-refractivity contribution >= 4 is 5.78 Å². The lowest BCUT2D eigenvalue weighted by Gasteiger charge is -2.22. The van der Waals surface area contributed by atoms with Crippen LogP contribution in [0.25, 0.3) is 0 Å². The summed E-state index contributed by atoms with van der Waals surface area (Å²) in [6.45, 7) is 5.35. The Hall–Kier alpha value is -0.880. The summed E-state index contributed by atoms with van der Waals surface area (Å²) < 4.78 is 19.3. The highest BCUT2D eigenvalue weighted by Gasteiger charge is 2.24. The summed E-state index contributed by atoms with van der Waals surface area (Å²) in [4.78, 5) is 11.4. The van der Waals surface area contributed by atoms with Crippen molar-refractivity contribution in [2.24, 2.45) is 5.92 Å². The number of halogens is 1. The molecule has 1 aliphatic carbocycles. The van der Waals surface area contributed by atoms with E-state index in [0.29, 0.717) is 19.3 Å². The summed E-state index contributed by atoms with van der Waals surface area (Å²) >= 11 is 0. The van der Waals surface area contributed by atoms with E-state index >= 15 is 0 Å². The molecule has 0 saturated carbocycles. The Labute approximate surface area is 103 Å². The van der Waals surface area contributed by atoms with Gasteiger partial charge in [-0.1, -0.05) is 25.7 Å². The second-order valence-electron chi connectivity index (χ2n) is 5.13. The highest BCUT2D eigenvalue weighted by atomic mass is 19.1. The molecule has 0 radical (unpaired) electrons. The molecule has 3 heteroatoms. The van der Waals surface area contributed by atoms with E-state index in [1.807, 2.05) is 13.8 Å². The molecule has 0 aromatic heterocycles. The maximum Gasteiger partial charge on any atom is 0.168 e. The predicted molar refractivity (Wildman–Crippen MR) is 65.3 cm³/mol. The number of carbonyl (C=O) groups excluding carboxylic acids is 1. The number of Topliss-reactive ketones (excluding diaryl/α,β-unsaturated/α-hetero) is 1. The van der Waals surface area contributed by atoms with Gasteiger partial charge in [0.05, 0.1) is 6.10 Å². The SMILES string of the molecule is CC(C)C(=O)COC1CCC#CC(C)(F)CC1. The molecular formula is C14H21FO2. The lowest BCUT2D eigenvalue weighted by Crippen LogP contribution is -2.25. The first-order chi connectivity index (χ1) is 7.91. The molecule has 2 atom stereocenters. The third-order valence-electron chi connectivity index (χ3n) is 2.98. The lowest BCUT2D eigenvalue weighted by molar-refractivity contribution is -0.128. The van der Waals surface area contributed by atoms with Gasteiger partial charge in [-0.25, -0.2) is 4.39 Å². The maximum atomic E-state index is 13.7. The van der Waals surface area contributed by atoms with Crippen molar-refractivity contribution in [2.75, 3.05) is 6.61 Å². The van der Waals surface area contributed by atoms with Crippen LogP contribution in [0.2, 0.25) is 0 Å². The second kappa shape index (κ2) is 6.16. The van der Waals surface area contributed by atoms with E-state index in [2.05, 4.69) is 11.8 Å². The van der Waals surface area contributed by atoms with E-state index in [1.165, 1.54) is 6.92 Å². The Morgan fingerprint density at radius 2 is 2.24 bits per heavy atom. The van der Waals surface area contributed by atoms with Crippen molar-refractivity contribution in [1.82, 2.24) is 0 Å². The maximum absolute atomic E-state index is 13.7. The highest BCUT2D eigenvalue weighted by Crippen LogP contribution is 2.22. The molecule has 0 spiro atoms. The van der Waals surface area contributed by atoms with Crippen LogP contribution in [0.15, 0.2) is 0 Å². The molecule has 0 heterocycles. The monoisotopic (exact) mass is 240 g/mol. The number of ketones is 1. The largest absolute Gasteiger partial charge is 0.370 e. The topological polar surface area (TPSA) is 26.3 Å². The average Bonchev–Trinajstić information content (AvgIpc) is 2.23. The molecule has 0 saturated heterocycles. The van der Waals surface area contributed by atoms with Gasteiger partial charge >= 0.3 is 0 Å². The van der Waals surface area contributed by atoms with Crippen molar-refractivity contribution in [3.63, 3.8) is 0 Å². The Morgan fingerprint density at radius 1 is 1.53 bits per heavy atom. The first-order valence-corrected chi connectivity index (χ1v) is 6.24. The van der Waals surface area contributed by atoms with Crippen molar-refractivity contribution < 1.29 is 13.9 Å². The van der Waals surface area contributed by atoms with Crippen molar-refractivity contribution in [2.45, 2.75) is 58.2 Å². The first kappa shape index (κ1) is 14.2. The highest BCUT2D eigenvalue weighted by molar-refractivity contribution is 5.81. The van der Waals surface area contributed by atoms with Crippen LogP contribution in [0.5, 0.6) is 0 Å². The molecule has 0 N–H and O–H groups in total. The first-order valence-electron chi connectivity index (χ1n) is 6.24. The van der Waals surface area contributed by atoms with Crippen LogP contribution in [-0.2, 0) is 9.53 Å².